The minimum absolute atomic E-state index is 0.269. The number of carbonyl (C=O) groups is 1. The van der Waals surface area contributed by atoms with Gasteiger partial charge < -0.3 is 9.26 Å². The third-order valence-corrected chi connectivity index (χ3v) is 4.34. The summed E-state index contributed by atoms with van der Waals surface area (Å²) in [6.45, 7) is 4.53. The second-order valence-electron chi connectivity index (χ2n) is 4.53. The first-order chi connectivity index (χ1) is 9.60. The van der Waals surface area contributed by atoms with E-state index in [9.17, 15) is 4.79 Å². The van der Waals surface area contributed by atoms with Crippen LogP contribution in [-0.2, 0) is 16.8 Å². The molecular weight excluding hydrogens is 278 g/mol. The van der Waals surface area contributed by atoms with Crippen LogP contribution in [0.4, 0.5) is 0 Å². The van der Waals surface area contributed by atoms with Gasteiger partial charge in [-0.25, -0.2) is 9.78 Å². The summed E-state index contributed by atoms with van der Waals surface area (Å²) in [5.74, 6) is 0.0172. The number of nitrogens with zero attached hydrogens (tertiary/aromatic N) is 2. The van der Waals surface area contributed by atoms with Gasteiger partial charge in [0.05, 0.1) is 25.4 Å². The summed E-state index contributed by atoms with van der Waals surface area (Å²) in [4.78, 5) is 15.9. The molecule has 0 saturated carbocycles. The van der Waals surface area contributed by atoms with E-state index in [4.69, 9.17) is 4.52 Å². The maximum Gasteiger partial charge on any atom is 0.343 e. The van der Waals surface area contributed by atoms with Crippen LogP contribution in [0.15, 0.2) is 22.3 Å². The predicted octanol–water partition coefficient (Wildman–Crippen LogP) is 2.33. The number of methoxy groups -OCH3 is 1. The summed E-state index contributed by atoms with van der Waals surface area (Å²) in [5.41, 5.74) is 0.0755. The third-order valence-electron chi connectivity index (χ3n) is 3.30. The first-order valence-electron chi connectivity index (χ1n) is 6.27. The monoisotopic (exact) mass is 295 g/mol. The van der Waals surface area contributed by atoms with Gasteiger partial charge in [0.2, 0.25) is 0 Å². The summed E-state index contributed by atoms with van der Waals surface area (Å²) in [7, 11) is 1.33. The van der Waals surface area contributed by atoms with Crippen LogP contribution in [0.25, 0.3) is 0 Å². The smallest absolute Gasteiger partial charge is 0.343 e. The van der Waals surface area contributed by atoms with E-state index in [2.05, 4.69) is 34.0 Å². The molecule has 0 aliphatic rings. The normalized spacial score (nSPS) is 13.9. The minimum atomic E-state index is -0.449. The number of hydrogen-bond donors (Lipinski definition) is 1. The Morgan fingerprint density at radius 1 is 1.60 bits per heavy atom. The molecule has 0 amide bonds. The Kier molecular flexibility index (Phi) is 4.51. The van der Waals surface area contributed by atoms with Crippen LogP contribution in [0.2, 0.25) is 0 Å². The molecule has 0 aliphatic heterocycles. The number of nitrogens with one attached hydrogen (secondary N) is 1. The van der Waals surface area contributed by atoms with E-state index in [1.54, 1.807) is 17.5 Å². The second-order valence-corrected chi connectivity index (χ2v) is 5.43. The largest absolute Gasteiger partial charge is 0.465 e. The Balaban J connectivity index is 2.12. The number of ether oxygens (including phenoxy) is 1. The fourth-order valence-electron chi connectivity index (χ4n) is 1.79. The van der Waals surface area contributed by atoms with Gasteiger partial charge in [-0.2, -0.15) is 0 Å². The Bertz CT molecular complexity index is 567. The molecule has 2 rings (SSSR count). The topological polar surface area (TPSA) is 77.2 Å². The van der Waals surface area contributed by atoms with Crippen molar-refractivity contribution in [2.24, 2.45) is 0 Å². The van der Waals surface area contributed by atoms with E-state index < -0.39 is 5.97 Å². The van der Waals surface area contributed by atoms with Crippen molar-refractivity contribution in [3.05, 3.63) is 34.1 Å². The molecule has 2 heterocycles. The summed E-state index contributed by atoms with van der Waals surface area (Å²) in [5, 5.41) is 9.97. The third kappa shape index (κ3) is 2.88. The Morgan fingerprint density at radius 3 is 3.00 bits per heavy atom. The summed E-state index contributed by atoms with van der Waals surface area (Å²) in [6.07, 6.45) is 4.02. The van der Waals surface area contributed by atoms with Crippen molar-refractivity contribution in [3.8, 4) is 0 Å². The molecule has 0 unspecified atom stereocenters. The lowest BCUT2D eigenvalue weighted by Gasteiger charge is -2.27. The van der Waals surface area contributed by atoms with Crippen LogP contribution >= 0.6 is 11.3 Å². The highest BCUT2D eigenvalue weighted by Gasteiger charge is 2.28. The number of carbonyl (C=O) groups excluding carboxylic acids is 1. The average Bonchev–Trinajstić information content (AvgIpc) is 3.14. The molecular formula is C13H17N3O3S. The number of hydrogen-bond acceptors (Lipinski definition) is 7. The molecule has 0 saturated heterocycles. The lowest BCUT2D eigenvalue weighted by molar-refractivity contribution is 0.0597. The molecule has 0 aromatic carbocycles. The Morgan fingerprint density at radius 2 is 2.40 bits per heavy atom. The first kappa shape index (κ1) is 14.7. The molecule has 0 radical (unpaired) electrons. The highest BCUT2D eigenvalue weighted by Crippen LogP contribution is 2.27. The number of thiazole rings is 1. The highest BCUT2D eigenvalue weighted by atomic mass is 32.1. The Labute approximate surface area is 121 Å². The lowest BCUT2D eigenvalue weighted by atomic mass is 9.99. The van der Waals surface area contributed by atoms with Crippen molar-refractivity contribution < 1.29 is 14.1 Å². The average molecular weight is 295 g/mol. The number of rotatable bonds is 6. The van der Waals surface area contributed by atoms with Crippen LogP contribution in [0, 0.1) is 0 Å². The van der Waals surface area contributed by atoms with E-state index in [0.717, 1.165) is 11.4 Å². The molecule has 20 heavy (non-hydrogen) atoms. The van der Waals surface area contributed by atoms with Gasteiger partial charge in [0.15, 0.2) is 5.76 Å². The van der Waals surface area contributed by atoms with Crippen LogP contribution in [0.3, 0.4) is 0 Å². The quantitative estimate of drug-likeness (QED) is 0.824. The fourth-order valence-corrected chi connectivity index (χ4v) is 2.64. The summed E-state index contributed by atoms with van der Waals surface area (Å²) in [6, 6.07) is 0. The van der Waals surface area contributed by atoms with Crippen LogP contribution in [0.5, 0.6) is 0 Å². The van der Waals surface area contributed by atoms with Crippen molar-refractivity contribution >= 4 is 17.3 Å². The van der Waals surface area contributed by atoms with Gasteiger partial charge >= 0.3 is 5.97 Å². The zero-order valence-electron chi connectivity index (χ0n) is 11.7. The molecule has 0 spiro atoms. The van der Waals surface area contributed by atoms with Gasteiger partial charge in [-0.15, -0.1) is 11.3 Å². The second kappa shape index (κ2) is 6.15. The highest BCUT2D eigenvalue weighted by molar-refractivity contribution is 7.09. The van der Waals surface area contributed by atoms with E-state index in [1.807, 2.05) is 5.38 Å². The maximum absolute atomic E-state index is 11.6. The minimum Gasteiger partial charge on any atom is -0.465 e. The maximum atomic E-state index is 11.6. The molecule has 1 atom stereocenters. The summed E-state index contributed by atoms with van der Waals surface area (Å²) >= 11 is 1.60. The molecule has 7 heteroatoms. The Hall–Kier alpha value is -1.73. The molecule has 0 bridgehead atoms. The van der Waals surface area contributed by atoms with Crippen LogP contribution in [0.1, 0.15) is 41.4 Å². The zero-order chi connectivity index (χ0) is 14.6. The van der Waals surface area contributed by atoms with Crippen molar-refractivity contribution in [3.63, 3.8) is 0 Å². The predicted molar refractivity (Wildman–Crippen MR) is 74.4 cm³/mol. The van der Waals surface area contributed by atoms with Crippen LogP contribution in [-0.4, -0.2) is 23.2 Å². The van der Waals surface area contributed by atoms with E-state index in [0.29, 0.717) is 17.9 Å². The van der Waals surface area contributed by atoms with E-state index in [-0.39, 0.29) is 5.54 Å². The van der Waals surface area contributed by atoms with Gasteiger partial charge in [-0.3, -0.25) is 5.32 Å². The molecule has 108 valence electrons. The fraction of sp³-hybridized carbons (Fsp3) is 0.462. The van der Waals surface area contributed by atoms with Crippen molar-refractivity contribution in [1.29, 1.82) is 0 Å². The molecule has 0 fully saturated rings. The van der Waals surface area contributed by atoms with Crippen molar-refractivity contribution in [2.75, 3.05) is 7.11 Å². The number of esters is 1. The molecule has 0 aliphatic carbocycles. The lowest BCUT2D eigenvalue weighted by Crippen LogP contribution is -2.38. The molecule has 2 aromatic heterocycles. The SMILES string of the molecule is CC[C@@](C)(NCc1oncc1C(=O)OC)c1nccs1. The van der Waals surface area contributed by atoms with Gasteiger partial charge in [0, 0.05) is 11.6 Å². The van der Waals surface area contributed by atoms with E-state index >= 15 is 0 Å². The van der Waals surface area contributed by atoms with E-state index in [1.165, 1.54) is 13.3 Å². The molecule has 1 N–H and O–H groups in total. The van der Waals surface area contributed by atoms with Gasteiger partial charge in [-0.05, 0) is 13.3 Å². The number of aromatic nitrogens is 2. The van der Waals surface area contributed by atoms with Gasteiger partial charge in [-0.1, -0.05) is 12.1 Å². The molecule has 2 aromatic rings. The van der Waals surface area contributed by atoms with Crippen molar-refractivity contribution in [1.82, 2.24) is 15.5 Å². The van der Waals surface area contributed by atoms with Gasteiger partial charge in [0.1, 0.15) is 10.6 Å². The van der Waals surface area contributed by atoms with Crippen LogP contribution < -0.4 is 5.32 Å². The first-order valence-corrected chi connectivity index (χ1v) is 7.15. The standard InChI is InChI=1S/C13H17N3O3S/c1-4-13(2,12-14-5-6-20-12)15-8-10-9(7-16-19-10)11(17)18-3/h5-7,15H,4,8H2,1-3H3/t13-/m1/s1. The van der Waals surface area contributed by atoms with Gasteiger partial charge in [0.25, 0.3) is 0 Å². The zero-order valence-corrected chi connectivity index (χ0v) is 12.5. The summed E-state index contributed by atoms with van der Waals surface area (Å²) < 4.78 is 9.80. The molecule has 6 nitrogen and oxygen atoms in total. The van der Waals surface area contributed by atoms with Crippen molar-refractivity contribution in [2.45, 2.75) is 32.4 Å².